The number of aliphatic hydroxyl groups excluding tert-OH is 1. The van der Waals surface area contributed by atoms with Gasteiger partial charge in [-0.15, -0.1) is 11.3 Å². The van der Waals surface area contributed by atoms with Crippen molar-refractivity contribution in [3.8, 4) is 33.1 Å². The highest BCUT2D eigenvalue weighted by atomic mass is 32.1. The third-order valence-electron chi connectivity index (χ3n) is 7.03. The summed E-state index contributed by atoms with van der Waals surface area (Å²) in [5, 5.41) is 23.2. The number of hydrogen-bond acceptors (Lipinski definition) is 7. The Kier molecular flexibility index (Phi) is 5.22. The second-order valence-electron chi connectivity index (χ2n) is 9.28. The average molecular weight is 512 g/mol. The van der Waals surface area contributed by atoms with E-state index in [1.807, 2.05) is 23.6 Å². The zero-order chi connectivity index (χ0) is 24.9. The quantitative estimate of drug-likeness (QED) is 0.205. The molecule has 1 aliphatic rings. The number of H-pyrrole nitrogens is 2. The summed E-state index contributed by atoms with van der Waals surface area (Å²) < 4.78 is 16.1. The van der Waals surface area contributed by atoms with Crippen molar-refractivity contribution >= 4 is 39.1 Å². The molecular formula is C27H22FN7OS. The maximum absolute atomic E-state index is 16.1. The Labute approximate surface area is 214 Å². The van der Waals surface area contributed by atoms with E-state index >= 15 is 4.39 Å². The monoisotopic (exact) mass is 511 g/mol. The molecule has 184 valence electrons. The van der Waals surface area contributed by atoms with E-state index in [1.165, 1.54) is 0 Å². The highest BCUT2D eigenvalue weighted by molar-refractivity contribution is 7.13. The lowest BCUT2D eigenvalue weighted by Gasteiger charge is -2.31. The standard InChI is InChI=1S/C27H22FN7OS/c28-22-17(15-11-16(13-29-12-15)31-27(36)14-3-1-4-14)6-7-19-21(22)24(35-34-19)26-32-23-18(20-5-2-10-37-20)8-9-30-25(23)33-26/h2,5-14,27,31,36H,1,3-4H2,(H,34,35)(H,30,32,33). The van der Waals surface area contributed by atoms with Crippen molar-refractivity contribution in [3.63, 3.8) is 0 Å². The molecule has 0 bridgehead atoms. The number of aliphatic hydroxyl groups is 1. The molecule has 0 spiro atoms. The number of nitrogens with one attached hydrogen (secondary N) is 3. The van der Waals surface area contributed by atoms with Crippen LogP contribution in [0.15, 0.2) is 60.4 Å². The Bertz CT molecular complexity index is 1740. The predicted molar refractivity (Wildman–Crippen MR) is 142 cm³/mol. The minimum atomic E-state index is -0.639. The summed E-state index contributed by atoms with van der Waals surface area (Å²) in [5.74, 6) is 0.251. The van der Waals surface area contributed by atoms with Crippen LogP contribution in [0.4, 0.5) is 10.1 Å². The van der Waals surface area contributed by atoms with E-state index in [1.54, 1.807) is 48.1 Å². The lowest BCUT2D eigenvalue weighted by atomic mass is 9.84. The van der Waals surface area contributed by atoms with Crippen LogP contribution in [0.5, 0.6) is 0 Å². The molecule has 0 amide bonds. The van der Waals surface area contributed by atoms with Crippen LogP contribution in [-0.2, 0) is 0 Å². The topological polar surface area (TPSA) is 115 Å². The van der Waals surface area contributed by atoms with Crippen molar-refractivity contribution in [2.24, 2.45) is 5.92 Å². The van der Waals surface area contributed by atoms with Gasteiger partial charge in [0.05, 0.1) is 28.3 Å². The summed E-state index contributed by atoms with van der Waals surface area (Å²) in [5.41, 5.74) is 4.88. The Balaban J connectivity index is 1.30. The molecule has 1 atom stereocenters. The molecule has 6 aromatic rings. The molecule has 5 aromatic heterocycles. The minimum Gasteiger partial charge on any atom is -0.374 e. The van der Waals surface area contributed by atoms with E-state index < -0.39 is 12.0 Å². The smallest absolute Gasteiger partial charge is 0.178 e. The molecule has 1 fully saturated rings. The number of aromatic nitrogens is 6. The van der Waals surface area contributed by atoms with Crippen molar-refractivity contribution < 1.29 is 9.50 Å². The van der Waals surface area contributed by atoms with E-state index in [4.69, 9.17) is 0 Å². The number of rotatable bonds is 6. The molecule has 0 radical (unpaired) electrons. The molecule has 37 heavy (non-hydrogen) atoms. The fraction of sp³-hybridized carbons (Fsp3) is 0.185. The zero-order valence-electron chi connectivity index (χ0n) is 19.6. The van der Waals surface area contributed by atoms with Crippen molar-refractivity contribution in [2.75, 3.05) is 5.32 Å². The van der Waals surface area contributed by atoms with Crippen molar-refractivity contribution in [1.29, 1.82) is 0 Å². The third kappa shape index (κ3) is 3.76. The van der Waals surface area contributed by atoms with Gasteiger partial charge in [0.25, 0.3) is 0 Å². The van der Waals surface area contributed by atoms with Crippen LogP contribution in [0, 0.1) is 11.7 Å². The van der Waals surface area contributed by atoms with E-state index in [0.29, 0.717) is 44.9 Å². The number of nitrogens with zero attached hydrogens (tertiary/aromatic N) is 4. The molecule has 4 N–H and O–H groups in total. The summed E-state index contributed by atoms with van der Waals surface area (Å²) in [6.07, 6.45) is 7.47. The van der Waals surface area contributed by atoms with Gasteiger partial charge < -0.3 is 15.4 Å². The summed E-state index contributed by atoms with van der Waals surface area (Å²) in [4.78, 5) is 17.7. The molecular weight excluding hydrogens is 489 g/mol. The SMILES string of the molecule is OC(Nc1cncc(-c2ccc3[nH]nc(-c4nc5nccc(-c6cccs6)c5[nH]4)c3c2F)c1)C1CCC1. The van der Waals surface area contributed by atoms with Gasteiger partial charge in [-0.25, -0.2) is 14.4 Å². The van der Waals surface area contributed by atoms with E-state index in [-0.39, 0.29) is 5.92 Å². The summed E-state index contributed by atoms with van der Waals surface area (Å²) in [6.45, 7) is 0. The minimum absolute atomic E-state index is 0.240. The molecule has 1 unspecified atom stereocenters. The normalized spacial score (nSPS) is 14.8. The lowest BCUT2D eigenvalue weighted by Crippen LogP contribution is -2.33. The zero-order valence-corrected chi connectivity index (χ0v) is 20.4. The molecule has 1 aliphatic carbocycles. The third-order valence-corrected chi connectivity index (χ3v) is 7.93. The van der Waals surface area contributed by atoms with Crippen LogP contribution in [0.1, 0.15) is 19.3 Å². The maximum Gasteiger partial charge on any atom is 0.178 e. The molecule has 1 saturated carbocycles. The van der Waals surface area contributed by atoms with Crippen LogP contribution >= 0.6 is 11.3 Å². The van der Waals surface area contributed by atoms with Crippen molar-refractivity contribution in [1.82, 2.24) is 30.1 Å². The molecule has 5 heterocycles. The van der Waals surface area contributed by atoms with Crippen LogP contribution in [-0.4, -0.2) is 41.5 Å². The van der Waals surface area contributed by atoms with Crippen LogP contribution in [0.2, 0.25) is 0 Å². The molecule has 8 nitrogen and oxygen atoms in total. The van der Waals surface area contributed by atoms with Gasteiger partial charge in [-0.05, 0) is 48.6 Å². The molecule has 10 heteroatoms. The summed E-state index contributed by atoms with van der Waals surface area (Å²) in [7, 11) is 0. The molecule has 0 aliphatic heterocycles. The second-order valence-corrected chi connectivity index (χ2v) is 10.2. The number of fused-ring (bicyclic) bond motifs is 2. The van der Waals surface area contributed by atoms with Gasteiger partial charge in [-0.3, -0.25) is 10.1 Å². The van der Waals surface area contributed by atoms with Gasteiger partial charge in [0.2, 0.25) is 0 Å². The van der Waals surface area contributed by atoms with E-state index in [0.717, 1.165) is 35.2 Å². The first-order chi connectivity index (χ1) is 18.2. The van der Waals surface area contributed by atoms with Gasteiger partial charge in [-0.1, -0.05) is 12.5 Å². The Morgan fingerprint density at radius 1 is 1.14 bits per heavy atom. The number of aromatic amines is 2. The van der Waals surface area contributed by atoms with Gasteiger partial charge >= 0.3 is 0 Å². The first-order valence-electron chi connectivity index (χ1n) is 12.1. The number of hydrogen-bond donors (Lipinski definition) is 4. The Morgan fingerprint density at radius 2 is 2.05 bits per heavy atom. The fourth-order valence-corrected chi connectivity index (χ4v) is 5.60. The van der Waals surface area contributed by atoms with Crippen LogP contribution < -0.4 is 5.32 Å². The average Bonchev–Trinajstić information content (AvgIpc) is 3.62. The largest absolute Gasteiger partial charge is 0.374 e. The lowest BCUT2D eigenvalue weighted by molar-refractivity contribution is 0.0851. The van der Waals surface area contributed by atoms with E-state index in [9.17, 15) is 5.11 Å². The molecule has 0 saturated heterocycles. The van der Waals surface area contributed by atoms with Gasteiger partial charge in [0.1, 0.15) is 17.7 Å². The number of thiophene rings is 1. The number of benzene rings is 1. The first-order valence-corrected chi connectivity index (χ1v) is 13.0. The van der Waals surface area contributed by atoms with Gasteiger partial charge in [0, 0.05) is 39.9 Å². The molecule has 1 aromatic carbocycles. The number of anilines is 1. The number of imidazole rings is 1. The van der Waals surface area contributed by atoms with Gasteiger partial charge in [0.15, 0.2) is 11.5 Å². The number of halogens is 1. The Morgan fingerprint density at radius 3 is 2.86 bits per heavy atom. The predicted octanol–water partition coefficient (Wildman–Crippen LogP) is 5.96. The van der Waals surface area contributed by atoms with Gasteiger partial charge in [-0.2, -0.15) is 5.10 Å². The maximum atomic E-state index is 16.1. The highest BCUT2D eigenvalue weighted by Crippen LogP contribution is 2.36. The first kappa shape index (κ1) is 22.1. The highest BCUT2D eigenvalue weighted by Gasteiger charge is 2.26. The summed E-state index contributed by atoms with van der Waals surface area (Å²) in [6, 6.07) is 11.3. The number of pyridine rings is 2. The summed E-state index contributed by atoms with van der Waals surface area (Å²) >= 11 is 1.63. The molecule has 7 rings (SSSR count). The van der Waals surface area contributed by atoms with Crippen molar-refractivity contribution in [2.45, 2.75) is 25.5 Å². The Hall–Kier alpha value is -4.15. The fourth-order valence-electron chi connectivity index (χ4n) is 4.84. The second kappa shape index (κ2) is 8.75. The van der Waals surface area contributed by atoms with Crippen molar-refractivity contribution in [3.05, 3.63) is 66.2 Å². The van der Waals surface area contributed by atoms with Crippen LogP contribution in [0.25, 0.3) is 55.2 Å². The van der Waals surface area contributed by atoms with Crippen LogP contribution in [0.3, 0.4) is 0 Å². The van der Waals surface area contributed by atoms with E-state index in [2.05, 4.69) is 35.5 Å².